The van der Waals surface area contributed by atoms with Gasteiger partial charge in [-0.1, -0.05) is 17.9 Å². The van der Waals surface area contributed by atoms with Crippen molar-refractivity contribution >= 4 is 23.5 Å². The molecule has 0 saturated carbocycles. The molecule has 14 heavy (non-hydrogen) atoms. The van der Waals surface area contributed by atoms with Gasteiger partial charge in [-0.05, 0) is 18.2 Å². The predicted molar refractivity (Wildman–Crippen MR) is 63.6 cm³/mol. The Balaban J connectivity index is 2.43. The predicted octanol–water partition coefficient (Wildman–Crippen LogP) is 2.84. The van der Waals surface area contributed by atoms with Gasteiger partial charge in [0.15, 0.2) is 0 Å². The number of fused-ring (bicyclic) bond motifs is 1. The Bertz CT molecular complexity index is 487. The van der Waals surface area contributed by atoms with E-state index in [9.17, 15) is 0 Å². The summed E-state index contributed by atoms with van der Waals surface area (Å²) in [6, 6.07) is 8.17. The Morgan fingerprint density at radius 2 is 2.21 bits per heavy atom. The standard InChI is InChI=1S/C12H11NS/c14-9-2-1-4-10-5-3-6-12-11(10)7-8-13-12/h3,5-8,13-14H,2,9H2. The number of aromatic nitrogens is 1. The van der Waals surface area contributed by atoms with Crippen molar-refractivity contribution in [1.82, 2.24) is 4.98 Å². The fourth-order valence-corrected chi connectivity index (χ4v) is 1.52. The van der Waals surface area contributed by atoms with Crippen LogP contribution in [0.4, 0.5) is 0 Å². The number of aromatic amines is 1. The second-order valence-electron chi connectivity index (χ2n) is 3.02. The molecule has 0 saturated heterocycles. The highest BCUT2D eigenvalue weighted by molar-refractivity contribution is 7.80. The van der Waals surface area contributed by atoms with E-state index < -0.39 is 0 Å². The summed E-state index contributed by atoms with van der Waals surface area (Å²) in [5, 5.41) is 1.19. The molecule has 0 fully saturated rings. The van der Waals surface area contributed by atoms with Gasteiger partial charge >= 0.3 is 0 Å². The molecule has 2 heteroatoms. The van der Waals surface area contributed by atoms with Gasteiger partial charge in [-0.2, -0.15) is 12.6 Å². The minimum Gasteiger partial charge on any atom is -0.361 e. The minimum absolute atomic E-state index is 0.816. The summed E-state index contributed by atoms with van der Waals surface area (Å²) in [6.45, 7) is 0. The number of thiol groups is 1. The fraction of sp³-hybridized carbons (Fsp3) is 0.167. The van der Waals surface area contributed by atoms with Crippen LogP contribution >= 0.6 is 12.6 Å². The van der Waals surface area contributed by atoms with Crippen molar-refractivity contribution in [1.29, 1.82) is 0 Å². The Kier molecular flexibility index (Phi) is 2.81. The molecule has 0 bridgehead atoms. The Morgan fingerprint density at radius 3 is 3.07 bits per heavy atom. The lowest BCUT2D eigenvalue weighted by Crippen LogP contribution is -1.76. The molecule has 70 valence electrons. The van der Waals surface area contributed by atoms with E-state index in [0.717, 1.165) is 23.3 Å². The molecule has 1 nitrogen and oxygen atoms in total. The topological polar surface area (TPSA) is 15.8 Å². The molecule has 2 rings (SSSR count). The first-order valence-corrected chi connectivity index (χ1v) is 5.21. The maximum absolute atomic E-state index is 4.12. The van der Waals surface area contributed by atoms with Gasteiger partial charge in [0.25, 0.3) is 0 Å². The second kappa shape index (κ2) is 4.26. The lowest BCUT2D eigenvalue weighted by molar-refractivity contribution is 1.31. The first kappa shape index (κ1) is 9.23. The summed E-state index contributed by atoms with van der Waals surface area (Å²) < 4.78 is 0. The van der Waals surface area contributed by atoms with Crippen molar-refractivity contribution in [2.75, 3.05) is 5.75 Å². The van der Waals surface area contributed by atoms with Gasteiger partial charge in [0.1, 0.15) is 0 Å². The molecule has 0 radical (unpaired) electrons. The average molecular weight is 201 g/mol. The molecule has 0 amide bonds. The Morgan fingerprint density at radius 1 is 1.29 bits per heavy atom. The van der Waals surface area contributed by atoms with Crippen LogP contribution in [0.3, 0.4) is 0 Å². The molecule has 1 N–H and O–H groups in total. The van der Waals surface area contributed by atoms with Gasteiger partial charge in [0, 0.05) is 34.8 Å². The van der Waals surface area contributed by atoms with E-state index in [-0.39, 0.29) is 0 Å². The molecule has 0 spiro atoms. The molecule has 2 aromatic rings. The maximum atomic E-state index is 4.12. The average Bonchev–Trinajstić information content (AvgIpc) is 2.67. The highest BCUT2D eigenvalue weighted by Gasteiger charge is 1.96. The Labute approximate surface area is 88.9 Å². The van der Waals surface area contributed by atoms with Crippen molar-refractivity contribution in [2.45, 2.75) is 6.42 Å². The summed E-state index contributed by atoms with van der Waals surface area (Å²) in [5.74, 6) is 7.06. The van der Waals surface area contributed by atoms with E-state index in [1.807, 2.05) is 18.3 Å². The van der Waals surface area contributed by atoms with E-state index in [2.05, 4.69) is 41.6 Å². The van der Waals surface area contributed by atoms with Crippen molar-refractivity contribution in [3.63, 3.8) is 0 Å². The first-order valence-electron chi connectivity index (χ1n) is 4.57. The van der Waals surface area contributed by atoms with E-state index >= 15 is 0 Å². The normalized spacial score (nSPS) is 9.79. The summed E-state index contributed by atoms with van der Waals surface area (Å²) >= 11 is 4.12. The Hall–Kier alpha value is -1.33. The molecule has 1 aromatic heterocycles. The van der Waals surface area contributed by atoms with Gasteiger partial charge in [0.05, 0.1) is 0 Å². The molecule has 1 heterocycles. The second-order valence-corrected chi connectivity index (χ2v) is 3.47. The number of rotatable bonds is 1. The summed E-state index contributed by atoms with van der Waals surface area (Å²) in [7, 11) is 0. The van der Waals surface area contributed by atoms with Crippen LogP contribution in [0.5, 0.6) is 0 Å². The number of nitrogens with one attached hydrogen (secondary N) is 1. The monoisotopic (exact) mass is 201 g/mol. The third-order valence-electron chi connectivity index (χ3n) is 2.05. The first-order chi connectivity index (χ1) is 6.92. The van der Waals surface area contributed by atoms with Crippen LogP contribution in [0.2, 0.25) is 0 Å². The van der Waals surface area contributed by atoms with Crippen molar-refractivity contribution < 1.29 is 0 Å². The van der Waals surface area contributed by atoms with E-state index in [4.69, 9.17) is 0 Å². The fourth-order valence-electron chi connectivity index (χ4n) is 1.41. The van der Waals surface area contributed by atoms with Gasteiger partial charge in [-0.15, -0.1) is 0 Å². The number of benzene rings is 1. The van der Waals surface area contributed by atoms with Gasteiger partial charge < -0.3 is 4.98 Å². The van der Waals surface area contributed by atoms with Crippen molar-refractivity contribution in [2.24, 2.45) is 0 Å². The third-order valence-corrected chi connectivity index (χ3v) is 2.28. The van der Waals surface area contributed by atoms with Crippen LogP contribution in [0.1, 0.15) is 12.0 Å². The van der Waals surface area contributed by atoms with Crippen LogP contribution in [-0.2, 0) is 0 Å². The lowest BCUT2D eigenvalue weighted by atomic mass is 10.1. The number of H-pyrrole nitrogens is 1. The smallest absolute Gasteiger partial charge is 0.0466 e. The molecule has 0 atom stereocenters. The molecular weight excluding hydrogens is 190 g/mol. The number of hydrogen-bond acceptors (Lipinski definition) is 1. The van der Waals surface area contributed by atoms with E-state index in [1.165, 1.54) is 5.39 Å². The molecule has 0 aliphatic rings. The maximum Gasteiger partial charge on any atom is 0.0466 e. The highest BCUT2D eigenvalue weighted by atomic mass is 32.1. The molecule has 0 aliphatic carbocycles. The quantitative estimate of drug-likeness (QED) is 0.521. The molecular formula is C12H11NS. The third kappa shape index (κ3) is 1.78. The zero-order valence-electron chi connectivity index (χ0n) is 7.75. The van der Waals surface area contributed by atoms with Crippen LogP contribution in [0.15, 0.2) is 30.5 Å². The number of hydrogen-bond donors (Lipinski definition) is 2. The molecule has 0 aliphatic heterocycles. The van der Waals surface area contributed by atoms with Crippen molar-refractivity contribution in [3.05, 3.63) is 36.0 Å². The van der Waals surface area contributed by atoms with Crippen LogP contribution in [0, 0.1) is 11.8 Å². The van der Waals surface area contributed by atoms with Gasteiger partial charge in [-0.3, -0.25) is 0 Å². The zero-order chi connectivity index (χ0) is 9.80. The van der Waals surface area contributed by atoms with Gasteiger partial charge in [-0.25, -0.2) is 0 Å². The summed E-state index contributed by atoms with van der Waals surface area (Å²) in [5.41, 5.74) is 2.23. The minimum atomic E-state index is 0.816. The van der Waals surface area contributed by atoms with Crippen LogP contribution in [0.25, 0.3) is 10.9 Å². The van der Waals surface area contributed by atoms with Gasteiger partial charge in [0.2, 0.25) is 0 Å². The van der Waals surface area contributed by atoms with Crippen LogP contribution in [-0.4, -0.2) is 10.7 Å². The van der Waals surface area contributed by atoms with E-state index in [1.54, 1.807) is 0 Å². The SMILES string of the molecule is SCCC#Cc1cccc2[nH]ccc12. The van der Waals surface area contributed by atoms with Crippen molar-refractivity contribution in [3.8, 4) is 11.8 Å². The highest BCUT2D eigenvalue weighted by Crippen LogP contribution is 2.15. The molecule has 1 aromatic carbocycles. The van der Waals surface area contributed by atoms with Crippen LogP contribution < -0.4 is 0 Å². The lowest BCUT2D eigenvalue weighted by Gasteiger charge is -1.92. The summed E-state index contributed by atoms with van der Waals surface area (Å²) in [6.07, 6.45) is 2.78. The largest absolute Gasteiger partial charge is 0.361 e. The molecule has 0 unspecified atom stereocenters. The summed E-state index contributed by atoms with van der Waals surface area (Å²) in [4.78, 5) is 3.17. The van der Waals surface area contributed by atoms with E-state index in [0.29, 0.717) is 0 Å². The zero-order valence-corrected chi connectivity index (χ0v) is 8.64.